The van der Waals surface area contributed by atoms with Crippen LogP contribution in [-0.2, 0) is 16.1 Å². The zero-order valence-corrected chi connectivity index (χ0v) is 13.1. The lowest BCUT2D eigenvalue weighted by atomic mass is 9.98. The number of aliphatic hydroxyl groups is 1. The van der Waals surface area contributed by atoms with Crippen LogP contribution < -0.4 is 5.32 Å². The second kappa shape index (κ2) is 7.45. The number of rotatable bonds is 7. The Hall–Kier alpha value is -1.82. The molecule has 1 saturated heterocycles. The van der Waals surface area contributed by atoms with E-state index in [9.17, 15) is 14.7 Å². The monoisotopic (exact) mass is 308 g/mol. The van der Waals surface area contributed by atoms with E-state index in [0.717, 1.165) is 6.42 Å². The Balaban J connectivity index is 1.90. The number of likely N-dealkylation sites (tertiary alicyclic amines) is 1. The van der Waals surface area contributed by atoms with Crippen LogP contribution in [0, 0.1) is 11.8 Å². The van der Waals surface area contributed by atoms with E-state index in [-0.39, 0.29) is 42.7 Å². The van der Waals surface area contributed by atoms with E-state index in [1.807, 2.05) is 19.9 Å². The Morgan fingerprint density at radius 1 is 1.59 bits per heavy atom. The van der Waals surface area contributed by atoms with Gasteiger partial charge in [-0.25, -0.2) is 0 Å². The van der Waals surface area contributed by atoms with Crippen LogP contribution in [-0.4, -0.2) is 41.0 Å². The van der Waals surface area contributed by atoms with E-state index in [2.05, 4.69) is 5.32 Å². The predicted octanol–water partition coefficient (Wildman–Crippen LogP) is 1.15. The van der Waals surface area contributed by atoms with Gasteiger partial charge in [-0.05, 0) is 18.1 Å². The molecule has 22 heavy (non-hydrogen) atoms. The number of furan rings is 1. The number of nitrogens with zero attached hydrogens (tertiary/aromatic N) is 1. The normalized spacial score (nSPS) is 21.0. The van der Waals surface area contributed by atoms with Gasteiger partial charge in [-0.2, -0.15) is 0 Å². The van der Waals surface area contributed by atoms with E-state index in [1.165, 1.54) is 0 Å². The predicted molar refractivity (Wildman–Crippen MR) is 80.7 cm³/mol. The highest BCUT2D eigenvalue weighted by molar-refractivity contribution is 5.89. The van der Waals surface area contributed by atoms with Crippen LogP contribution in [0.3, 0.4) is 0 Å². The van der Waals surface area contributed by atoms with Gasteiger partial charge in [0.2, 0.25) is 11.8 Å². The molecule has 0 spiro atoms. The van der Waals surface area contributed by atoms with Crippen molar-refractivity contribution < 1.29 is 19.1 Å². The van der Waals surface area contributed by atoms with Gasteiger partial charge in [0.1, 0.15) is 5.76 Å². The van der Waals surface area contributed by atoms with Crippen molar-refractivity contribution in [3.05, 3.63) is 24.2 Å². The fourth-order valence-electron chi connectivity index (χ4n) is 2.64. The number of carbonyl (C=O) groups excluding carboxylic acids is 2. The SMILES string of the molecule is CCC(C)C(CO)NC(=O)C1CC(=O)N(Cc2ccco2)C1. The molecular weight excluding hydrogens is 284 g/mol. The first-order chi connectivity index (χ1) is 10.5. The van der Waals surface area contributed by atoms with Crippen LogP contribution >= 0.6 is 0 Å². The van der Waals surface area contributed by atoms with E-state index < -0.39 is 0 Å². The van der Waals surface area contributed by atoms with E-state index in [1.54, 1.807) is 17.2 Å². The first-order valence-corrected chi connectivity index (χ1v) is 7.76. The number of amides is 2. The fraction of sp³-hybridized carbons (Fsp3) is 0.625. The molecule has 1 aromatic rings. The van der Waals surface area contributed by atoms with Crippen LogP contribution in [0.5, 0.6) is 0 Å². The molecular formula is C16H24N2O4. The molecule has 1 aliphatic rings. The maximum atomic E-state index is 12.3. The van der Waals surface area contributed by atoms with E-state index in [0.29, 0.717) is 18.8 Å². The minimum atomic E-state index is -0.361. The molecule has 6 nitrogen and oxygen atoms in total. The summed E-state index contributed by atoms with van der Waals surface area (Å²) < 4.78 is 5.24. The number of hydrogen-bond donors (Lipinski definition) is 2. The summed E-state index contributed by atoms with van der Waals surface area (Å²) in [5.74, 6) is 0.350. The first-order valence-electron chi connectivity index (χ1n) is 7.76. The molecule has 2 amide bonds. The molecule has 2 N–H and O–H groups in total. The van der Waals surface area contributed by atoms with Crippen molar-refractivity contribution in [3.63, 3.8) is 0 Å². The van der Waals surface area contributed by atoms with Crippen LogP contribution in [0.25, 0.3) is 0 Å². The van der Waals surface area contributed by atoms with Crippen molar-refractivity contribution in [3.8, 4) is 0 Å². The summed E-state index contributed by atoms with van der Waals surface area (Å²) in [7, 11) is 0. The highest BCUT2D eigenvalue weighted by Crippen LogP contribution is 2.21. The Kier molecular flexibility index (Phi) is 5.60. The second-order valence-electron chi connectivity index (χ2n) is 5.94. The molecule has 6 heteroatoms. The van der Waals surface area contributed by atoms with Gasteiger partial charge < -0.3 is 19.7 Å². The van der Waals surface area contributed by atoms with Crippen LogP contribution in [0.15, 0.2) is 22.8 Å². The van der Waals surface area contributed by atoms with Crippen LogP contribution in [0.1, 0.15) is 32.4 Å². The lowest BCUT2D eigenvalue weighted by Crippen LogP contribution is -2.45. The van der Waals surface area contributed by atoms with Crippen LogP contribution in [0.2, 0.25) is 0 Å². The molecule has 122 valence electrons. The van der Waals surface area contributed by atoms with Crippen molar-refractivity contribution in [2.75, 3.05) is 13.2 Å². The molecule has 2 heterocycles. The van der Waals surface area contributed by atoms with Gasteiger partial charge >= 0.3 is 0 Å². The number of hydrogen-bond acceptors (Lipinski definition) is 4. The first kappa shape index (κ1) is 16.5. The zero-order valence-electron chi connectivity index (χ0n) is 13.1. The van der Waals surface area contributed by atoms with Gasteiger partial charge in [0.15, 0.2) is 0 Å². The summed E-state index contributed by atoms with van der Waals surface area (Å²) >= 11 is 0. The summed E-state index contributed by atoms with van der Waals surface area (Å²) in [6.45, 7) is 4.71. The van der Waals surface area contributed by atoms with Gasteiger partial charge in [0, 0.05) is 13.0 Å². The van der Waals surface area contributed by atoms with Gasteiger partial charge in [0.05, 0.1) is 31.4 Å². The summed E-state index contributed by atoms with van der Waals surface area (Å²) in [6, 6.07) is 3.33. The third-order valence-corrected chi connectivity index (χ3v) is 4.37. The molecule has 1 aromatic heterocycles. The smallest absolute Gasteiger partial charge is 0.225 e. The van der Waals surface area contributed by atoms with E-state index in [4.69, 9.17) is 4.42 Å². The zero-order chi connectivity index (χ0) is 16.1. The van der Waals surface area contributed by atoms with Crippen LogP contribution in [0.4, 0.5) is 0 Å². The summed E-state index contributed by atoms with van der Waals surface area (Å²) in [4.78, 5) is 26.0. The van der Waals surface area contributed by atoms with E-state index >= 15 is 0 Å². The lowest BCUT2D eigenvalue weighted by Gasteiger charge is -2.23. The Morgan fingerprint density at radius 2 is 2.36 bits per heavy atom. The topological polar surface area (TPSA) is 82.8 Å². The molecule has 0 saturated carbocycles. The van der Waals surface area contributed by atoms with Gasteiger partial charge in [-0.3, -0.25) is 9.59 Å². The van der Waals surface area contributed by atoms with Crippen molar-refractivity contribution in [1.82, 2.24) is 10.2 Å². The van der Waals surface area contributed by atoms with Gasteiger partial charge in [-0.15, -0.1) is 0 Å². The summed E-state index contributed by atoms with van der Waals surface area (Å²) in [5.41, 5.74) is 0. The number of carbonyl (C=O) groups is 2. The third kappa shape index (κ3) is 3.88. The average Bonchev–Trinajstić information content (AvgIpc) is 3.14. The van der Waals surface area contributed by atoms with Crippen molar-refractivity contribution in [1.29, 1.82) is 0 Å². The molecule has 0 radical (unpaired) electrons. The summed E-state index contributed by atoms with van der Waals surface area (Å²) in [5, 5.41) is 12.3. The Labute approximate surface area is 130 Å². The standard InChI is InChI=1S/C16H24N2O4/c1-3-11(2)14(10-19)17-16(21)12-7-15(20)18(8-12)9-13-5-4-6-22-13/h4-6,11-12,14,19H,3,7-10H2,1-2H3,(H,17,21). The molecule has 1 fully saturated rings. The second-order valence-corrected chi connectivity index (χ2v) is 5.94. The molecule has 0 bridgehead atoms. The molecule has 3 atom stereocenters. The Morgan fingerprint density at radius 3 is 2.95 bits per heavy atom. The molecule has 3 unspecified atom stereocenters. The lowest BCUT2D eigenvalue weighted by molar-refractivity contribution is -0.129. The molecule has 1 aliphatic heterocycles. The van der Waals surface area contributed by atoms with Crippen molar-refractivity contribution in [2.24, 2.45) is 11.8 Å². The Bertz CT molecular complexity index is 500. The fourth-order valence-corrected chi connectivity index (χ4v) is 2.64. The third-order valence-electron chi connectivity index (χ3n) is 4.37. The van der Waals surface area contributed by atoms with Gasteiger partial charge in [0.25, 0.3) is 0 Å². The maximum absolute atomic E-state index is 12.3. The molecule has 0 aromatic carbocycles. The largest absolute Gasteiger partial charge is 0.467 e. The highest BCUT2D eigenvalue weighted by Gasteiger charge is 2.35. The van der Waals surface area contributed by atoms with Gasteiger partial charge in [-0.1, -0.05) is 20.3 Å². The number of aliphatic hydroxyl groups excluding tert-OH is 1. The number of nitrogens with one attached hydrogen (secondary N) is 1. The van der Waals surface area contributed by atoms with Crippen molar-refractivity contribution >= 4 is 11.8 Å². The maximum Gasteiger partial charge on any atom is 0.225 e. The highest BCUT2D eigenvalue weighted by atomic mass is 16.3. The quantitative estimate of drug-likeness (QED) is 0.791. The minimum Gasteiger partial charge on any atom is -0.467 e. The van der Waals surface area contributed by atoms with Crippen molar-refractivity contribution in [2.45, 2.75) is 39.3 Å². The summed E-state index contributed by atoms with van der Waals surface area (Å²) in [6.07, 6.45) is 2.66. The average molecular weight is 308 g/mol. The minimum absolute atomic E-state index is 0.0411. The molecule has 2 rings (SSSR count). The molecule has 0 aliphatic carbocycles.